The largest absolute Gasteiger partial charge is 0.481 e. The number of hydrogen-bond donors (Lipinski definition) is 1. The number of Topliss-reactive ketones (excluding diaryl/α,β-unsaturated/α-hetero) is 6. The Morgan fingerprint density at radius 3 is 0.769 bits per heavy atom. The summed E-state index contributed by atoms with van der Waals surface area (Å²) in [5.41, 5.74) is -2.85. The summed E-state index contributed by atoms with van der Waals surface area (Å²) in [5, 5.41) is 9.96. The predicted octanol–water partition coefficient (Wildman–Crippen LogP) is 12.7. The molecule has 0 aromatic carbocycles. The Kier molecular flexibility index (Phi) is 24.1. The summed E-state index contributed by atoms with van der Waals surface area (Å²) < 4.78 is 69.8. The Morgan fingerprint density at radius 2 is 0.562 bits per heavy atom. The van der Waals surface area contributed by atoms with Crippen molar-refractivity contribution in [2.75, 3.05) is 7.11 Å². The van der Waals surface area contributed by atoms with Crippen molar-refractivity contribution in [3.05, 3.63) is 96.6 Å². The molecule has 654 valence electrons. The second kappa shape index (κ2) is 32.9. The van der Waals surface area contributed by atoms with Gasteiger partial charge in [0.05, 0.1) is 92.7 Å². The van der Waals surface area contributed by atoms with Crippen LogP contribution >= 0.6 is 0 Å². The molecule has 4 aromatic rings. The van der Waals surface area contributed by atoms with Crippen molar-refractivity contribution in [3.63, 3.8) is 0 Å². The molecule has 12 aliphatic rings. The maximum atomic E-state index is 13.7. The van der Waals surface area contributed by atoms with Crippen molar-refractivity contribution in [1.82, 2.24) is 0 Å². The number of carbonyl (C=O) groups is 16. The summed E-state index contributed by atoms with van der Waals surface area (Å²) >= 11 is 0. The molecule has 30 nitrogen and oxygen atoms in total. The number of hydrogen-bond acceptors (Lipinski definition) is 29. The highest BCUT2D eigenvalue weighted by atomic mass is 16.6. The van der Waals surface area contributed by atoms with Crippen LogP contribution in [-0.4, -0.2) is 131 Å². The number of rotatable bonds is 12. The van der Waals surface area contributed by atoms with E-state index >= 15 is 0 Å². The normalized spacial score (nSPS) is 40.5. The Labute approximate surface area is 699 Å². The Hall–Kier alpha value is -10.2. The second-order valence-electron chi connectivity index (χ2n) is 38.1. The third-order valence-electron chi connectivity index (χ3n) is 31.1. The average molecular weight is 1680 g/mol. The van der Waals surface area contributed by atoms with Crippen molar-refractivity contribution in [2.24, 2.45) is 114 Å². The number of aliphatic carboxylic acids is 1. The molecule has 4 aliphatic heterocycles. The van der Waals surface area contributed by atoms with E-state index in [4.69, 9.17) is 60.3 Å². The minimum absolute atomic E-state index is 0.0148. The number of esters is 9. The van der Waals surface area contributed by atoms with E-state index in [1.807, 2.05) is 55.4 Å². The molecule has 8 heterocycles. The van der Waals surface area contributed by atoms with Crippen molar-refractivity contribution < 1.29 is 142 Å². The van der Waals surface area contributed by atoms with E-state index in [2.05, 4.69) is 0 Å². The van der Waals surface area contributed by atoms with E-state index in [0.29, 0.717) is 82.6 Å². The number of ether oxygens (including phenoxy) is 9. The van der Waals surface area contributed by atoms with Gasteiger partial charge in [-0.1, -0.05) is 55.4 Å². The number of carbonyl (C=O) groups excluding carboxylic acids is 15. The number of cyclic esters (lactones) is 4. The van der Waals surface area contributed by atoms with Gasteiger partial charge in [-0.3, -0.25) is 76.7 Å². The molecule has 0 spiro atoms. The molecule has 12 fully saturated rings. The van der Waals surface area contributed by atoms with Crippen LogP contribution in [0.2, 0.25) is 0 Å². The van der Waals surface area contributed by atoms with Gasteiger partial charge < -0.3 is 65.4 Å². The van der Waals surface area contributed by atoms with Crippen molar-refractivity contribution in [3.8, 4) is 0 Å². The van der Waals surface area contributed by atoms with E-state index in [1.165, 1.54) is 86.2 Å². The lowest BCUT2D eigenvalue weighted by Crippen LogP contribution is -2.64. The lowest BCUT2D eigenvalue weighted by Gasteiger charge is -2.61. The zero-order valence-corrected chi connectivity index (χ0v) is 71.1. The first-order chi connectivity index (χ1) is 56.8. The highest BCUT2D eigenvalue weighted by Crippen LogP contribution is 2.70. The smallest absolute Gasteiger partial charge is 0.310 e. The zero-order chi connectivity index (χ0) is 88.1. The molecule has 8 saturated carbocycles. The summed E-state index contributed by atoms with van der Waals surface area (Å²) in [4.78, 5) is 203. The highest BCUT2D eigenvalue weighted by Gasteiger charge is 2.73. The SMILES string of the molecule is CC(=O)O[C@H]1CC(C(C)=O)[C@]2(C)CCC3C(=O)O[C@H](c4ccoc4)C[C@]3(C)C2C1=O.CC(=O)O[C@H]1CC(C(C)=O)[C@]2(C)CCC3C(=O)O[C@H](c4ccoc4)C[C@]3(C)C2C1=O.CC(=O)O[C@H]1C[C@@H](C(=O)O)[C@]2(C)CCC3C(=O)O[C@H](c4ccoc4)C[C@]3(C)C2C1=O.COC(=O)C1C[C@H](OC(C)=O)C(=O)C2[C@@]1(C)CCC1C(=O)O[C@H](c3ccoc3)C[C@@]12C. The molecule has 121 heavy (non-hydrogen) atoms. The Balaban J connectivity index is 0.000000139. The number of methoxy groups -OCH3 is 1. The van der Waals surface area contributed by atoms with Crippen LogP contribution in [0, 0.1) is 114 Å². The summed E-state index contributed by atoms with van der Waals surface area (Å²) in [6.45, 7) is 23.5. The Morgan fingerprint density at radius 1 is 0.339 bits per heavy atom. The van der Waals surface area contributed by atoms with Crippen molar-refractivity contribution in [1.29, 1.82) is 0 Å². The molecule has 16 rings (SSSR count). The number of fused-ring (bicyclic) bond motifs is 12. The molecule has 4 aromatic heterocycles. The minimum atomic E-state index is -1.12. The summed E-state index contributed by atoms with van der Waals surface area (Å²) in [6.07, 6.45) is 12.2. The van der Waals surface area contributed by atoms with Gasteiger partial charge in [0.1, 0.15) is 36.0 Å². The molecule has 0 amide bonds. The molecular weight excluding hydrogens is 1570 g/mol. The van der Waals surface area contributed by atoms with Gasteiger partial charge in [0, 0.05) is 111 Å². The zero-order valence-electron chi connectivity index (χ0n) is 71.1. The fourth-order valence-electron chi connectivity index (χ4n) is 26.0. The summed E-state index contributed by atoms with van der Waals surface area (Å²) in [5.74, 6) is -12.8. The third kappa shape index (κ3) is 15.4. The van der Waals surface area contributed by atoms with Crippen LogP contribution < -0.4 is 0 Å². The number of ketones is 6. The topological polar surface area (TPSA) is 429 Å². The number of carboxylic acids is 1. The summed E-state index contributed by atoms with van der Waals surface area (Å²) in [7, 11) is 1.32. The van der Waals surface area contributed by atoms with Crippen molar-refractivity contribution >= 4 is 94.4 Å². The van der Waals surface area contributed by atoms with Crippen LogP contribution in [0.1, 0.15) is 246 Å². The maximum absolute atomic E-state index is 13.7. The fourth-order valence-corrected chi connectivity index (χ4v) is 26.0. The first-order valence-electron chi connectivity index (χ1n) is 41.9. The molecule has 11 unspecified atom stereocenters. The van der Waals surface area contributed by atoms with Crippen LogP contribution in [-0.2, 0) is 119 Å². The molecule has 28 atom stereocenters. The molecule has 4 saturated heterocycles. The molecule has 8 aliphatic carbocycles. The van der Waals surface area contributed by atoms with Gasteiger partial charge in [-0.2, -0.15) is 0 Å². The highest BCUT2D eigenvalue weighted by molar-refractivity contribution is 5.97. The van der Waals surface area contributed by atoms with Gasteiger partial charge in [0.25, 0.3) is 0 Å². The van der Waals surface area contributed by atoms with Gasteiger partial charge in [0.2, 0.25) is 0 Å². The summed E-state index contributed by atoms with van der Waals surface area (Å²) in [6, 6.07) is 6.97. The first-order valence-corrected chi connectivity index (χ1v) is 41.9. The van der Waals surface area contributed by atoms with E-state index in [-0.39, 0.29) is 84.3 Å². The van der Waals surface area contributed by atoms with E-state index in [1.54, 1.807) is 36.8 Å². The van der Waals surface area contributed by atoms with Crippen LogP contribution in [0.3, 0.4) is 0 Å². The van der Waals surface area contributed by atoms with Crippen molar-refractivity contribution in [2.45, 2.75) is 248 Å². The molecule has 0 bridgehead atoms. The van der Waals surface area contributed by atoms with E-state index in [0.717, 1.165) is 16.7 Å². The minimum Gasteiger partial charge on any atom is -0.481 e. The number of carboxylic acid groups (broad SMARTS) is 1. The maximum Gasteiger partial charge on any atom is 0.310 e. The third-order valence-corrected chi connectivity index (χ3v) is 31.1. The van der Waals surface area contributed by atoms with Gasteiger partial charge in [-0.15, -0.1) is 0 Å². The molecular formula is C91H110O30. The second-order valence-corrected chi connectivity index (χ2v) is 38.1. The van der Waals surface area contributed by atoms with E-state index in [9.17, 15) is 81.8 Å². The van der Waals surface area contributed by atoms with Crippen LogP contribution in [0.5, 0.6) is 0 Å². The van der Waals surface area contributed by atoms with Gasteiger partial charge in [-0.05, 0) is 158 Å². The predicted molar refractivity (Wildman–Crippen MR) is 414 cm³/mol. The molecule has 1 N–H and O–H groups in total. The first kappa shape index (κ1) is 88.6. The van der Waals surface area contributed by atoms with Gasteiger partial charge >= 0.3 is 59.7 Å². The standard InChI is InChI=1S/C23H28O8.2C23H28O7.C22H26O8/c1-12(24)30-16-9-15(20(26)28-4)22(2)7-5-14-21(27)31-17(13-6-8-29-11-13)10-23(14,3)19(22)18(16)25;2*1-12(24)16-9-17(29-13(2)25)19(26)20-22(16,3)7-5-15-21(27)30-18(10-23(15,20)4)14-6-8-28-11-14;1-11(23)29-15-8-14(19(25)26)21(2)6-4-13-20(27)30-16(12-5-7-28-10-12)9-22(13,3)18(21)17(15)24/h6,8,11,14-17,19H,5,7,9-10H2,1-4H3;2*6,8,11,15-18,20H,5,7,9-10H2,1-4H3;5,7,10,13-16,18H,4,6,8-9H2,1-3H3,(H,25,26)/t14?,15?,16-,17-,19?,22-,23-;2*15?,16?,17-,18-,20?,22-,23-;13?,14-,15-,16-,18?,21-,22-/m0000/s1. The quantitative estimate of drug-likeness (QED) is 0.102. The molecule has 30 heteroatoms. The Bertz CT molecular complexity index is 4390. The van der Waals surface area contributed by atoms with E-state index < -0.39 is 199 Å². The van der Waals surface area contributed by atoms with Gasteiger partial charge in [0.15, 0.2) is 47.5 Å². The monoisotopic (exact) mass is 1680 g/mol. The van der Waals surface area contributed by atoms with Crippen LogP contribution in [0.25, 0.3) is 0 Å². The lowest BCUT2D eigenvalue weighted by molar-refractivity contribution is -0.211. The van der Waals surface area contributed by atoms with Gasteiger partial charge in [-0.25, -0.2) is 0 Å². The lowest BCUT2D eigenvalue weighted by atomic mass is 9.42. The number of furan rings is 4. The van der Waals surface area contributed by atoms with Crippen LogP contribution in [0.15, 0.2) is 92.0 Å². The van der Waals surface area contributed by atoms with Crippen LogP contribution in [0.4, 0.5) is 0 Å². The average Bonchev–Trinajstić information content (AvgIpc) is 1.29. The fraction of sp³-hybridized carbons (Fsp3) is 0.648. The molecule has 0 radical (unpaired) electrons.